The Balaban J connectivity index is 2.17. The number of carboxylic acid groups (broad SMARTS) is 1. The number of thioether (sulfide) groups is 1. The third kappa shape index (κ3) is 7.97. The summed E-state index contributed by atoms with van der Waals surface area (Å²) in [6, 6.07) is 7.54. The number of nitrogens with one attached hydrogen (secondary N) is 1. The molecular weight excluding hydrogens is 310 g/mol. The lowest BCUT2D eigenvalue weighted by atomic mass is 10.1. The van der Waals surface area contributed by atoms with Crippen LogP contribution in [0.5, 0.6) is 0 Å². The van der Waals surface area contributed by atoms with Crippen molar-refractivity contribution < 1.29 is 14.7 Å². The summed E-state index contributed by atoms with van der Waals surface area (Å²) in [5.74, 6) is 0.0151. The summed E-state index contributed by atoms with van der Waals surface area (Å²) in [5, 5.41) is 12.1. The second-order valence-corrected chi connectivity index (χ2v) is 6.41. The number of rotatable bonds is 9. The molecule has 1 aromatic carbocycles. The van der Waals surface area contributed by atoms with Crippen LogP contribution >= 0.6 is 23.4 Å². The first-order valence-corrected chi connectivity index (χ1v) is 8.21. The summed E-state index contributed by atoms with van der Waals surface area (Å²) in [4.78, 5) is 23.1. The largest absolute Gasteiger partial charge is 0.481 e. The number of aliphatic carboxylic acids is 1. The van der Waals surface area contributed by atoms with E-state index in [1.807, 2.05) is 31.2 Å². The molecule has 0 aliphatic rings. The molecule has 116 valence electrons. The first-order chi connectivity index (χ1) is 9.99. The van der Waals surface area contributed by atoms with E-state index in [1.54, 1.807) is 11.8 Å². The van der Waals surface area contributed by atoms with Crippen LogP contribution in [0.2, 0.25) is 5.02 Å². The lowest BCUT2D eigenvalue weighted by Gasteiger charge is -2.11. The maximum atomic E-state index is 11.7. The van der Waals surface area contributed by atoms with E-state index in [0.717, 1.165) is 4.90 Å². The Kier molecular flexibility index (Phi) is 8.23. The van der Waals surface area contributed by atoms with Crippen molar-refractivity contribution in [3.8, 4) is 0 Å². The quantitative estimate of drug-likeness (QED) is 0.681. The fourth-order valence-electron chi connectivity index (χ4n) is 1.66. The summed E-state index contributed by atoms with van der Waals surface area (Å²) in [5.41, 5.74) is 0. The van der Waals surface area contributed by atoms with Crippen LogP contribution in [0.3, 0.4) is 0 Å². The summed E-state index contributed by atoms with van der Waals surface area (Å²) in [6.07, 6.45) is 1.13. The molecule has 1 atom stereocenters. The van der Waals surface area contributed by atoms with Crippen molar-refractivity contribution in [3.63, 3.8) is 0 Å². The lowest BCUT2D eigenvalue weighted by molar-refractivity contribution is -0.137. The minimum absolute atomic E-state index is 0.0169. The molecule has 1 rings (SSSR count). The molecule has 0 spiro atoms. The lowest BCUT2D eigenvalue weighted by Crippen LogP contribution is -2.28. The number of hydrogen-bond acceptors (Lipinski definition) is 3. The number of carboxylic acids is 1. The molecule has 4 nitrogen and oxygen atoms in total. The molecule has 0 saturated carbocycles. The normalized spacial score (nSPS) is 11.9. The molecule has 1 amide bonds. The molecular formula is C15H20ClNO3S. The predicted molar refractivity (Wildman–Crippen MR) is 85.8 cm³/mol. The van der Waals surface area contributed by atoms with E-state index in [2.05, 4.69) is 5.32 Å². The monoisotopic (exact) mass is 329 g/mol. The molecule has 0 aromatic heterocycles. The number of hydrogen-bond donors (Lipinski definition) is 2. The Morgan fingerprint density at radius 2 is 2.05 bits per heavy atom. The van der Waals surface area contributed by atoms with E-state index in [9.17, 15) is 9.59 Å². The van der Waals surface area contributed by atoms with Crippen LogP contribution in [0.25, 0.3) is 0 Å². The predicted octanol–water partition coefficient (Wildman–Crippen LogP) is 3.44. The molecule has 0 radical (unpaired) electrons. The van der Waals surface area contributed by atoms with Gasteiger partial charge < -0.3 is 10.4 Å². The van der Waals surface area contributed by atoms with Crippen molar-refractivity contribution in [2.24, 2.45) is 5.92 Å². The van der Waals surface area contributed by atoms with Gasteiger partial charge in [-0.05, 0) is 24.5 Å². The zero-order chi connectivity index (χ0) is 15.7. The van der Waals surface area contributed by atoms with E-state index < -0.39 is 5.97 Å². The molecule has 0 fully saturated rings. The van der Waals surface area contributed by atoms with Crippen LogP contribution in [-0.4, -0.2) is 29.3 Å². The number of carbonyl (C=O) groups excluding carboxylic acids is 1. The highest BCUT2D eigenvalue weighted by Crippen LogP contribution is 2.26. The summed E-state index contributed by atoms with van der Waals surface area (Å²) >= 11 is 7.59. The first-order valence-electron chi connectivity index (χ1n) is 6.85. The molecule has 0 heterocycles. The van der Waals surface area contributed by atoms with Gasteiger partial charge in [0.25, 0.3) is 0 Å². The standard InChI is InChI=1S/C15H20ClNO3S/c1-11(6-7-15(19)20)10-17-14(18)8-9-21-13-5-3-2-4-12(13)16/h2-5,11H,6-10H2,1H3,(H,17,18)(H,19,20). The Hall–Kier alpha value is -1.20. The second kappa shape index (κ2) is 9.68. The van der Waals surface area contributed by atoms with Gasteiger partial charge in [-0.3, -0.25) is 9.59 Å². The average Bonchev–Trinajstić information content (AvgIpc) is 2.45. The Morgan fingerprint density at radius 1 is 1.33 bits per heavy atom. The van der Waals surface area contributed by atoms with Gasteiger partial charge in [0, 0.05) is 30.0 Å². The third-order valence-electron chi connectivity index (χ3n) is 2.92. The van der Waals surface area contributed by atoms with Gasteiger partial charge >= 0.3 is 5.97 Å². The molecule has 0 bridgehead atoms. The van der Waals surface area contributed by atoms with E-state index in [4.69, 9.17) is 16.7 Å². The number of carbonyl (C=O) groups is 2. The molecule has 1 unspecified atom stereocenters. The average molecular weight is 330 g/mol. The van der Waals surface area contributed by atoms with Gasteiger partial charge in [0.05, 0.1) is 5.02 Å². The molecule has 1 aromatic rings. The van der Waals surface area contributed by atoms with Gasteiger partial charge in [-0.25, -0.2) is 0 Å². The van der Waals surface area contributed by atoms with E-state index in [1.165, 1.54) is 0 Å². The fourth-order valence-corrected chi connectivity index (χ4v) is 2.85. The van der Waals surface area contributed by atoms with Crippen molar-refractivity contribution in [2.45, 2.75) is 31.1 Å². The Morgan fingerprint density at radius 3 is 2.71 bits per heavy atom. The van der Waals surface area contributed by atoms with Crippen LogP contribution in [0.1, 0.15) is 26.2 Å². The van der Waals surface area contributed by atoms with E-state index >= 15 is 0 Å². The van der Waals surface area contributed by atoms with Gasteiger partial charge in [-0.1, -0.05) is 30.7 Å². The maximum Gasteiger partial charge on any atom is 0.303 e. The number of halogens is 1. The van der Waals surface area contributed by atoms with Crippen molar-refractivity contribution in [1.82, 2.24) is 5.32 Å². The van der Waals surface area contributed by atoms with E-state index in [-0.39, 0.29) is 18.2 Å². The van der Waals surface area contributed by atoms with Gasteiger partial charge in [-0.2, -0.15) is 0 Å². The van der Waals surface area contributed by atoms with E-state index in [0.29, 0.717) is 30.2 Å². The maximum absolute atomic E-state index is 11.7. The zero-order valence-electron chi connectivity index (χ0n) is 12.0. The highest BCUT2D eigenvalue weighted by Gasteiger charge is 2.08. The van der Waals surface area contributed by atoms with Gasteiger partial charge in [0.15, 0.2) is 0 Å². The van der Waals surface area contributed by atoms with Crippen LogP contribution in [0, 0.1) is 5.92 Å². The van der Waals surface area contributed by atoms with Crippen molar-refractivity contribution in [3.05, 3.63) is 29.3 Å². The third-order valence-corrected chi connectivity index (χ3v) is 4.44. The number of benzene rings is 1. The molecule has 2 N–H and O–H groups in total. The van der Waals surface area contributed by atoms with Crippen LogP contribution in [-0.2, 0) is 9.59 Å². The summed E-state index contributed by atoms with van der Waals surface area (Å²) in [6.45, 7) is 2.45. The Bertz CT molecular complexity index is 482. The molecule has 21 heavy (non-hydrogen) atoms. The topological polar surface area (TPSA) is 66.4 Å². The molecule has 0 aliphatic carbocycles. The zero-order valence-corrected chi connectivity index (χ0v) is 13.5. The molecule has 0 aliphatic heterocycles. The Labute approximate surface area is 134 Å². The summed E-state index contributed by atoms with van der Waals surface area (Å²) in [7, 11) is 0. The SMILES string of the molecule is CC(CCC(=O)O)CNC(=O)CCSc1ccccc1Cl. The second-order valence-electron chi connectivity index (χ2n) is 4.87. The summed E-state index contributed by atoms with van der Waals surface area (Å²) < 4.78 is 0. The van der Waals surface area contributed by atoms with Crippen molar-refractivity contribution in [1.29, 1.82) is 0 Å². The minimum atomic E-state index is -0.802. The van der Waals surface area contributed by atoms with Crippen molar-refractivity contribution in [2.75, 3.05) is 12.3 Å². The van der Waals surface area contributed by atoms with Gasteiger partial charge in [0.2, 0.25) is 5.91 Å². The van der Waals surface area contributed by atoms with Gasteiger partial charge in [-0.15, -0.1) is 11.8 Å². The van der Waals surface area contributed by atoms with Crippen LogP contribution in [0.4, 0.5) is 0 Å². The van der Waals surface area contributed by atoms with Crippen molar-refractivity contribution >= 4 is 35.2 Å². The fraction of sp³-hybridized carbons (Fsp3) is 0.467. The number of amides is 1. The van der Waals surface area contributed by atoms with Gasteiger partial charge in [0.1, 0.15) is 0 Å². The molecule has 0 saturated heterocycles. The first kappa shape index (κ1) is 17.9. The van der Waals surface area contributed by atoms with Crippen LogP contribution in [0.15, 0.2) is 29.2 Å². The highest BCUT2D eigenvalue weighted by atomic mass is 35.5. The van der Waals surface area contributed by atoms with Crippen LogP contribution < -0.4 is 5.32 Å². The smallest absolute Gasteiger partial charge is 0.303 e. The minimum Gasteiger partial charge on any atom is -0.481 e. The highest BCUT2D eigenvalue weighted by molar-refractivity contribution is 7.99. The molecule has 6 heteroatoms.